The van der Waals surface area contributed by atoms with E-state index in [1.54, 1.807) is 12.1 Å². The van der Waals surface area contributed by atoms with Gasteiger partial charge in [0.1, 0.15) is 21.6 Å². The Labute approximate surface area is 153 Å². The average Bonchev–Trinajstić information content (AvgIpc) is 2.55. The second kappa shape index (κ2) is 7.18. The molecular weight excluding hydrogens is 371 g/mol. The predicted octanol–water partition coefficient (Wildman–Crippen LogP) is 5.32. The number of aromatic nitrogens is 2. The fourth-order valence-corrected chi connectivity index (χ4v) is 2.85. The number of ether oxygens (including phenoxy) is 1. The van der Waals surface area contributed by atoms with Gasteiger partial charge in [0, 0.05) is 0 Å². The smallest absolute Gasteiger partial charge is 0.349 e. The highest BCUT2D eigenvalue weighted by atomic mass is 35.5. The van der Waals surface area contributed by atoms with Crippen LogP contribution in [-0.2, 0) is 0 Å². The lowest BCUT2D eigenvalue weighted by atomic mass is 10.1. The molecule has 0 aliphatic rings. The molecule has 1 heterocycles. The van der Waals surface area contributed by atoms with Crippen LogP contribution in [0.3, 0.4) is 0 Å². The molecule has 0 aliphatic heterocycles. The van der Waals surface area contributed by atoms with Crippen molar-refractivity contribution in [2.75, 3.05) is 0 Å². The van der Waals surface area contributed by atoms with E-state index in [2.05, 4.69) is 9.97 Å². The van der Waals surface area contributed by atoms with Crippen molar-refractivity contribution in [3.05, 3.63) is 75.8 Å². The van der Waals surface area contributed by atoms with Crippen LogP contribution in [0.4, 0.5) is 0 Å². The molecule has 0 saturated heterocycles. The first-order chi connectivity index (χ1) is 11.5. The van der Waals surface area contributed by atoms with E-state index in [1.807, 2.05) is 42.5 Å². The van der Waals surface area contributed by atoms with Crippen molar-refractivity contribution >= 4 is 40.8 Å². The van der Waals surface area contributed by atoms with Gasteiger partial charge < -0.3 is 4.74 Å². The number of carbonyl (C=O) groups is 1. The number of benzene rings is 2. The van der Waals surface area contributed by atoms with E-state index in [0.29, 0.717) is 5.75 Å². The number of esters is 1. The Bertz CT molecular complexity index is 861. The van der Waals surface area contributed by atoms with Gasteiger partial charge in [0.25, 0.3) is 0 Å². The number of rotatable bonds is 3. The van der Waals surface area contributed by atoms with Gasteiger partial charge in [0.05, 0.1) is 0 Å². The molecule has 0 N–H and O–H groups in total. The van der Waals surface area contributed by atoms with E-state index in [4.69, 9.17) is 39.5 Å². The Balaban J connectivity index is 1.81. The van der Waals surface area contributed by atoms with Crippen LogP contribution in [0.25, 0.3) is 11.1 Å². The van der Waals surface area contributed by atoms with Crippen LogP contribution in [-0.4, -0.2) is 15.9 Å². The van der Waals surface area contributed by atoms with Crippen LogP contribution in [0.2, 0.25) is 15.6 Å². The molecule has 0 spiro atoms. The minimum atomic E-state index is -0.755. The minimum Gasteiger partial charge on any atom is -0.423 e. The van der Waals surface area contributed by atoms with Crippen LogP contribution in [0.15, 0.2) is 54.6 Å². The summed E-state index contributed by atoms with van der Waals surface area (Å²) in [6.45, 7) is 0. The zero-order valence-corrected chi connectivity index (χ0v) is 14.3. The summed E-state index contributed by atoms with van der Waals surface area (Å²) in [7, 11) is 0. The van der Waals surface area contributed by atoms with Crippen LogP contribution >= 0.6 is 34.8 Å². The molecule has 1 aromatic heterocycles. The molecule has 0 atom stereocenters. The lowest BCUT2D eigenvalue weighted by Gasteiger charge is -2.08. The van der Waals surface area contributed by atoms with E-state index in [9.17, 15) is 4.79 Å². The third-order valence-corrected chi connectivity index (χ3v) is 3.89. The molecule has 120 valence electrons. The van der Waals surface area contributed by atoms with Crippen LogP contribution in [0.1, 0.15) is 10.4 Å². The summed E-state index contributed by atoms with van der Waals surface area (Å²) in [5, 5.41) is -0.467. The summed E-state index contributed by atoms with van der Waals surface area (Å²) < 4.78 is 5.26. The van der Waals surface area contributed by atoms with Gasteiger partial charge in [-0.1, -0.05) is 65.7 Å². The summed E-state index contributed by atoms with van der Waals surface area (Å²) in [5.74, 6) is -0.407. The minimum absolute atomic E-state index is 0.130. The maximum atomic E-state index is 12.2. The fourth-order valence-electron chi connectivity index (χ4n) is 2.06. The quantitative estimate of drug-likeness (QED) is 0.267. The van der Waals surface area contributed by atoms with E-state index in [0.717, 1.165) is 11.1 Å². The van der Waals surface area contributed by atoms with Gasteiger partial charge in [0.2, 0.25) is 5.28 Å². The Hall–Kier alpha value is -2.14. The van der Waals surface area contributed by atoms with E-state index in [-0.39, 0.29) is 21.2 Å². The summed E-state index contributed by atoms with van der Waals surface area (Å²) in [6.07, 6.45) is 0. The number of carbonyl (C=O) groups excluding carboxylic acids is 1. The molecule has 3 aromatic rings. The molecule has 0 amide bonds. The summed E-state index contributed by atoms with van der Waals surface area (Å²) >= 11 is 17.4. The van der Waals surface area contributed by atoms with Gasteiger partial charge in [0.15, 0.2) is 0 Å². The van der Waals surface area contributed by atoms with Gasteiger partial charge >= 0.3 is 5.97 Å². The van der Waals surface area contributed by atoms with Crippen LogP contribution in [0, 0.1) is 0 Å². The Morgan fingerprint density at radius 2 is 1.33 bits per heavy atom. The molecule has 0 fully saturated rings. The Morgan fingerprint density at radius 3 is 1.92 bits per heavy atom. The molecule has 0 bridgehead atoms. The number of halogens is 3. The van der Waals surface area contributed by atoms with Crippen molar-refractivity contribution < 1.29 is 9.53 Å². The third kappa shape index (κ3) is 3.67. The maximum absolute atomic E-state index is 12.2. The van der Waals surface area contributed by atoms with Gasteiger partial charge in [-0.15, -0.1) is 0 Å². The SMILES string of the molecule is O=C(Oc1ccc(-c2ccccc2)cc1)c1c(Cl)nc(Cl)nc1Cl. The normalized spacial score (nSPS) is 10.5. The third-order valence-electron chi connectivity index (χ3n) is 3.17. The van der Waals surface area contributed by atoms with Crippen molar-refractivity contribution in [1.82, 2.24) is 9.97 Å². The summed E-state index contributed by atoms with van der Waals surface area (Å²) in [5.41, 5.74) is 1.93. The molecule has 0 unspecified atom stereocenters. The van der Waals surface area contributed by atoms with Gasteiger partial charge in [-0.3, -0.25) is 0 Å². The lowest BCUT2D eigenvalue weighted by molar-refractivity contribution is 0.0734. The first kappa shape index (κ1) is 16.7. The fraction of sp³-hybridized carbons (Fsp3) is 0. The zero-order valence-electron chi connectivity index (χ0n) is 12.0. The molecule has 0 saturated carbocycles. The monoisotopic (exact) mass is 378 g/mol. The molecule has 4 nitrogen and oxygen atoms in total. The van der Waals surface area contributed by atoms with Crippen molar-refractivity contribution in [1.29, 1.82) is 0 Å². The van der Waals surface area contributed by atoms with Crippen molar-refractivity contribution in [3.63, 3.8) is 0 Å². The molecule has 3 rings (SSSR count). The highest BCUT2D eigenvalue weighted by Gasteiger charge is 2.20. The Morgan fingerprint density at radius 1 is 0.792 bits per heavy atom. The van der Waals surface area contributed by atoms with E-state index >= 15 is 0 Å². The average molecular weight is 380 g/mol. The van der Waals surface area contributed by atoms with Crippen LogP contribution < -0.4 is 4.74 Å². The number of hydrogen-bond donors (Lipinski definition) is 0. The zero-order chi connectivity index (χ0) is 17.1. The predicted molar refractivity (Wildman–Crippen MR) is 93.9 cm³/mol. The molecule has 24 heavy (non-hydrogen) atoms. The standard InChI is InChI=1S/C17H9Cl3N2O2/c18-14-13(15(19)22-17(20)21-14)16(23)24-12-8-6-11(7-9-12)10-4-2-1-3-5-10/h1-9H. The first-order valence-electron chi connectivity index (χ1n) is 6.81. The van der Waals surface area contributed by atoms with Gasteiger partial charge in [-0.05, 0) is 34.9 Å². The van der Waals surface area contributed by atoms with Gasteiger partial charge in [-0.25, -0.2) is 14.8 Å². The molecule has 2 aromatic carbocycles. The van der Waals surface area contributed by atoms with Crippen LogP contribution in [0.5, 0.6) is 5.75 Å². The van der Waals surface area contributed by atoms with Crippen molar-refractivity contribution in [2.24, 2.45) is 0 Å². The highest BCUT2D eigenvalue weighted by Crippen LogP contribution is 2.26. The van der Waals surface area contributed by atoms with Gasteiger partial charge in [-0.2, -0.15) is 0 Å². The van der Waals surface area contributed by atoms with E-state index < -0.39 is 5.97 Å². The largest absolute Gasteiger partial charge is 0.423 e. The molecule has 0 radical (unpaired) electrons. The second-order valence-corrected chi connectivity index (χ2v) is 5.78. The lowest BCUT2D eigenvalue weighted by Crippen LogP contribution is -2.11. The topological polar surface area (TPSA) is 52.1 Å². The first-order valence-corrected chi connectivity index (χ1v) is 7.94. The molecule has 7 heteroatoms. The molecule has 0 aliphatic carbocycles. The second-order valence-electron chi connectivity index (χ2n) is 4.73. The van der Waals surface area contributed by atoms with Crippen molar-refractivity contribution in [3.8, 4) is 16.9 Å². The van der Waals surface area contributed by atoms with E-state index in [1.165, 1.54) is 0 Å². The Kier molecular flexibility index (Phi) is 5.00. The summed E-state index contributed by atoms with van der Waals surface area (Å²) in [6, 6.07) is 16.9. The van der Waals surface area contributed by atoms with Crippen molar-refractivity contribution in [2.45, 2.75) is 0 Å². The number of nitrogens with zero attached hydrogens (tertiary/aromatic N) is 2. The summed E-state index contributed by atoms with van der Waals surface area (Å²) in [4.78, 5) is 19.6. The maximum Gasteiger partial charge on any atom is 0.349 e. The highest BCUT2D eigenvalue weighted by molar-refractivity contribution is 6.39. The molecular formula is C17H9Cl3N2O2. The number of hydrogen-bond acceptors (Lipinski definition) is 4.